The van der Waals surface area contributed by atoms with E-state index >= 15 is 0 Å². The molecule has 0 aromatic rings. The Hall–Kier alpha value is -0.520. The molecule has 8 nitrogen and oxygen atoms in total. The van der Waals surface area contributed by atoms with Crippen molar-refractivity contribution in [2.45, 2.75) is 71.7 Å². The fraction of sp³-hybridized carbons (Fsp3) is 0.895. The second-order valence-corrected chi connectivity index (χ2v) is 8.62. The molecule has 1 rings (SSSR count). The summed E-state index contributed by atoms with van der Waals surface area (Å²) in [5.74, 6) is -0.887. The smallest absolute Gasteiger partial charge is 0.337 e. The van der Waals surface area contributed by atoms with Crippen molar-refractivity contribution in [1.82, 2.24) is 0 Å². The summed E-state index contributed by atoms with van der Waals surface area (Å²) in [7, 11) is 3.23. The number of carbonyl (C=O) groups is 2. The summed E-state index contributed by atoms with van der Waals surface area (Å²) in [6, 6.07) is 0. The summed E-state index contributed by atoms with van der Waals surface area (Å²) < 4.78 is 20.1. The Morgan fingerprint density at radius 2 is 1.69 bits per heavy atom. The summed E-state index contributed by atoms with van der Waals surface area (Å²) in [4.78, 5) is 21.1. The van der Waals surface area contributed by atoms with Crippen molar-refractivity contribution in [2.24, 2.45) is 0 Å². The maximum absolute atomic E-state index is 11.1. The van der Waals surface area contributed by atoms with Crippen molar-refractivity contribution in [1.29, 1.82) is 0 Å². The number of carboxylic acids is 1. The average molecular weight is 461 g/mol. The first kappa shape index (κ1) is 33.1. The molecular formula is C19H40O8S2. The molecule has 0 aromatic carbocycles. The van der Waals surface area contributed by atoms with Gasteiger partial charge in [0, 0.05) is 28.1 Å². The zero-order chi connectivity index (χ0) is 22.4. The summed E-state index contributed by atoms with van der Waals surface area (Å²) in [5.41, 5.74) is 0. The number of aliphatic hydroxyl groups excluding tert-OH is 1. The van der Waals surface area contributed by atoms with Crippen LogP contribution in [0.5, 0.6) is 0 Å². The minimum Gasteiger partial charge on any atom is -0.479 e. The number of rotatable bonds is 9. The van der Waals surface area contributed by atoms with Crippen molar-refractivity contribution >= 4 is 35.5 Å². The third-order valence-corrected chi connectivity index (χ3v) is 4.77. The van der Waals surface area contributed by atoms with Crippen LogP contribution >= 0.6 is 23.5 Å². The first-order valence-corrected chi connectivity index (χ1v) is 11.5. The van der Waals surface area contributed by atoms with Gasteiger partial charge in [0.2, 0.25) is 5.79 Å². The molecule has 0 spiro atoms. The molecule has 0 radical (unpaired) electrons. The monoisotopic (exact) mass is 460 g/mol. The van der Waals surface area contributed by atoms with E-state index in [1.54, 1.807) is 39.8 Å². The number of thioether (sulfide) groups is 2. The van der Waals surface area contributed by atoms with Crippen molar-refractivity contribution in [3.8, 4) is 0 Å². The number of ether oxygens (including phenoxy) is 4. The van der Waals surface area contributed by atoms with Gasteiger partial charge in [0.15, 0.2) is 18.0 Å². The van der Waals surface area contributed by atoms with Gasteiger partial charge in [-0.3, -0.25) is 0 Å². The van der Waals surface area contributed by atoms with Gasteiger partial charge < -0.3 is 29.2 Å². The lowest BCUT2D eigenvalue weighted by Crippen LogP contribution is -2.24. The minimum absolute atomic E-state index is 0. The number of hydrogen-bond acceptors (Lipinski definition) is 9. The average Bonchev–Trinajstić information content (AvgIpc) is 2.90. The van der Waals surface area contributed by atoms with Gasteiger partial charge in [0.25, 0.3) is 0 Å². The van der Waals surface area contributed by atoms with E-state index in [2.05, 4.69) is 0 Å². The molecule has 0 aliphatic carbocycles. The quantitative estimate of drug-likeness (QED) is 0.393. The Kier molecular flexibility index (Phi) is 19.6. The van der Waals surface area contributed by atoms with Crippen LogP contribution in [0, 0.1) is 0 Å². The maximum atomic E-state index is 11.1. The van der Waals surface area contributed by atoms with Crippen molar-refractivity contribution < 1.29 is 38.7 Å². The lowest BCUT2D eigenvalue weighted by Gasteiger charge is -2.19. The van der Waals surface area contributed by atoms with Gasteiger partial charge in [0.05, 0.1) is 0 Å². The van der Waals surface area contributed by atoms with Gasteiger partial charge >= 0.3 is 11.9 Å². The number of hydrogen-bond donors (Lipinski definition) is 2. The molecule has 0 amide bonds. The second-order valence-electron chi connectivity index (χ2n) is 6.65. The number of cyclic esters (lactones) is 1. The number of esters is 1. The fourth-order valence-electron chi connectivity index (χ4n) is 1.56. The van der Waals surface area contributed by atoms with Crippen LogP contribution in [0.3, 0.4) is 0 Å². The van der Waals surface area contributed by atoms with Crippen LogP contribution in [0.1, 0.15) is 48.0 Å². The van der Waals surface area contributed by atoms with Gasteiger partial charge in [-0.05, 0) is 50.7 Å². The highest BCUT2D eigenvalue weighted by molar-refractivity contribution is 7.98. The van der Waals surface area contributed by atoms with Gasteiger partial charge in [-0.25, -0.2) is 9.59 Å². The van der Waals surface area contributed by atoms with E-state index in [1.807, 2.05) is 26.4 Å². The molecule has 1 aliphatic rings. The van der Waals surface area contributed by atoms with E-state index in [4.69, 9.17) is 29.2 Å². The first-order chi connectivity index (χ1) is 12.9. The number of carbonyl (C=O) groups excluding carboxylic acids is 1. The molecule has 2 unspecified atom stereocenters. The van der Waals surface area contributed by atoms with Gasteiger partial charge in [0.1, 0.15) is 0 Å². The molecule has 0 bridgehead atoms. The first-order valence-electron chi connectivity index (χ1n) is 8.75. The lowest BCUT2D eigenvalue weighted by molar-refractivity contribution is -0.178. The minimum atomic E-state index is -1.18. The Balaban J connectivity index is -0.000000358. The van der Waals surface area contributed by atoms with Crippen LogP contribution in [0.25, 0.3) is 0 Å². The molecule has 1 aliphatic heterocycles. The Bertz CT molecular complexity index is 438. The zero-order valence-electron chi connectivity index (χ0n) is 18.1. The molecule has 0 saturated carbocycles. The van der Waals surface area contributed by atoms with Crippen LogP contribution < -0.4 is 0 Å². The molecule has 2 N–H and O–H groups in total. The normalized spacial score (nSPS) is 18.2. The molecule has 29 heavy (non-hydrogen) atoms. The molecule has 2 atom stereocenters. The highest BCUT2D eigenvalue weighted by Gasteiger charge is 2.40. The highest BCUT2D eigenvalue weighted by atomic mass is 32.2. The van der Waals surface area contributed by atoms with Crippen LogP contribution in [-0.4, -0.2) is 84.2 Å². The van der Waals surface area contributed by atoms with Crippen LogP contribution in [-0.2, 0) is 28.5 Å². The molecular weight excluding hydrogens is 420 g/mol. The van der Waals surface area contributed by atoms with E-state index in [1.165, 1.54) is 11.8 Å². The standard InChI is InChI=1S/C8H14O3S.C5H10O3S.C5H12O2.CH4/c1-8(2)10-6(4-5-12-3)7(9)11-8;1-9-3-2-4(6)5(7)8;1-5(2,6-3)7-4;/h6H,4-5H2,1-3H3;4,6H,2-3H2,1H3,(H,7,8);1-4H3;1H4. The molecule has 10 heteroatoms. The third-order valence-electron chi connectivity index (χ3n) is 3.48. The highest BCUT2D eigenvalue weighted by Crippen LogP contribution is 2.25. The van der Waals surface area contributed by atoms with Crippen molar-refractivity contribution in [2.75, 3.05) is 38.2 Å². The summed E-state index contributed by atoms with van der Waals surface area (Å²) in [6.07, 6.45) is 3.41. The molecule has 1 saturated heterocycles. The number of carboxylic acid groups (broad SMARTS) is 1. The Morgan fingerprint density at radius 1 is 1.21 bits per heavy atom. The van der Waals surface area contributed by atoms with Crippen LogP contribution in [0.4, 0.5) is 0 Å². The Labute approximate surface area is 184 Å². The van der Waals surface area contributed by atoms with Crippen LogP contribution in [0.15, 0.2) is 0 Å². The fourth-order valence-corrected chi connectivity index (χ4v) is 2.47. The predicted octanol–water partition coefficient (Wildman–Crippen LogP) is 3.25. The molecule has 1 heterocycles. The SMILES string of the molecule is C.COC(C)(C)OC.CSCCC(O)C(=O)O.CSCCC1OC(C)(C)OC1=O. The predicted molar refractivity (Wildman–Crippen MR) is 120 cm³/mol. The van der Waals surface area contributed by atoms with Crippen molar-refractivity contribution in [3.05, 3.63) is 0 Å². The molecule has 176 valence electrons. The number of aliphatic hydroxyl groups is 1. The number of methoxy groups -OCH3 is 2. The molecule has 1 fully saturated rings. The van der Waals surface area contributed by atoms with Crippen LogP contribution in [0.2, 0.25) is 0 Å². The summed E-state index contributed by atoms with van der Waals surface area (Å²) >= 11 is 3.23. The Morgan fingerprint density at radius 3 is 1.97 bits per heavy atom. The summed E-state index contributed by atoms with van der Waals surface area (Å²) in [6.45, 7) is 7.22. The van der Waals surface area contributed by atoms with Gasteiger partial charge in [-0.1, -0.05) is 7.43 Å². The number of aliphatic carboxylic acids is 1. The lowest BCUT2D eigenvalue weighted by atomic mass is 10.3. The van der Waals surface area contributed by atoms with Gasteiger partial charge in [-0.15, -0.1) is 0 Å². The third kappa shape index (κ3) is 18.0. The van der Waals surface area contributed by atoms with E-state index in [-0.39, 0.29) is 19.5 Å². The second kappa shape index (κ2) is 17.2. The topological polar surface area (TPSA) is 112 Å². The van der Waals surface area contributed by atoms with E-state index in [0.717, 1.165) is 12.2 Å². The van der Waals surface area contributed by atoms with E-state index in [0.29, 0.717) is 12.2 Å². The maximum Gasteiger partial charge on any atom is 0.337 e. The summed E-state index contributed by atoms with van der Waals surface area (Å²) in [5, 5.41) is 16.8. The molecule has 0 aromatic heterocycles. The largest absolute Gasteiger partial charge is 0.479 e. The zero-order valence-corrected chi connectivity index (χ0v) is 19.8. The van der Waals surface area contributed by atoms with Crippen molar-refractivity contribution in [3.63, 3.8) is 0 Å². The van der Waals surface area contributed by atoms with Gasteiger partial charge in [-0.2, -0.15) is 23.5 Å². The van der Waals surface area contributed by atoms with E-state index in [9.17, 15) is 9.59 Å². The van der Waals surface area contributed by atoms with E-state index < -0.39 is 23.6 Å².